The molecule has 3 fully saturated rings. The van der Waals surface area contributed by atoms with Gasteiger partial charge in [-0.3, -0.25) is 4.79 Å². The number of carbonyl (C=O) groups excluding carboxylic acids is 1. The molecule has 0 spiro atoms. The minimum absolute atomic E-state index is 0.303. The number of amides is 1. The van der Waals surface area contributed by atoms with Gasteiger partial charge in [0, 0.05) is 38.6 Å². The summed E-state index contributed by atoms with van der Waals surface area (Å²) in [5.41, 5.74) is 0. The second-order valence-corrected chi connectivity index (χ2v) is 8.43. The predicted molar refractivity (Wildman–Crippen MR) is 110 cm³/mol. The first-order chi connectivity index (χ1) is 12.8. The van der Waals surface area contributed by atoms with Gasteiger partial charge < -0.3 is 15.1 Å². The van der Waals surface area contributed by atoms with Gasteiger partial charge in [-0.25, -0.2) is 0 Å². The van der Waals surface area contributed by atoms with Crippen LogP contribution in [0, 0.1) is 5.92 Å². The van der Waals surface area contributed by atoms with Crippen LogP contribution in [0.5, 0.6) is 0 Å². The van der Waals surface area contributed by atoms with Crippen LogP contribution in [0.2, 0.25) is 0 Å². The smallest absolute Gasteiger partial charge is 0.223 e. The van der Waals surface area contributed by atoms with Gasteiger partial charge in [0.05, 0.1) is 0 Å². The number of nitrogens with zero attached hydrogens (tertiary/aromatic N) is 2. The Kier molecular flexibility index (Phi) is 11.3. The molecule has 1 aliphatic heterocycles. The Morgan fingerprint density at radius 2 is 1.31 bits per heavy atom. The van der Waals surface area contributed by atoms with E-state index in [9.17, 15) is 4.79 Å². The summed E-state index contributed by atoms with van der Waals surface area (Å²) in [4.78, 5) is 17.0. The van der Waals surface area contributed by atoms with Crippen LogP contribution in [0.15, 0.2) is 0 Å². The van der Waals surface area contributed by atoms with Gasteiger partial charge in [-0.2, -0.15) is 0 Å². The van der Waals surface area contributed by atoms with Crippen LogP contribution in [0.1, 0.15) is 84.0 Å². The number of rotatable bonds is 8. The van der Waals surface area contributed by atoms with Crippen molar-refractivity contribution < 1.29 is 4.79 Å². The first kappa shape index (κ1) is 21.7. The Labute approximate surface area is 162 Å². The van der Waals surface area contributed by atoms with Gasteiger partial charge in [0.2, 0.25) is 5.91 Å². The molecule has 2 aliphatic carbocycles. The first-order valence-corrected chi connectivity index (χ1v) is 11.5. The number of carbonyl (C=O) groups is 1. The number of hydrogen-bond acceptors (Lipinski definition) is 3. The third-order valence-electron chi connectivity index (χ3n) is 6.22. The third-order valence-corrected chi connectivity index (χ3v) is 6.22. The van der Waals surface area contributed by atoms with E-state index in [0.717, 1.165) is 32.4 Å². The van der Waals surface area contributed by atoms with Gasteiger partial charge in [-0.15, -0.1) is 0 Å². The topological polar surface area (TPSA) is 35.6 Å². The molecular weight excluding hydrogens is 322 g/mol. The molecule has 1 heterocycles. The molecule has 0 aromatic rings. The highest BCUT2D eigenvalue weighted by Gasteiger charge is 2.22. The summed E-state index contributed by atoms with van der Waals surface area (Å²) in [5, 5.41) is 3.12. The summed E-state index contributed by atoms with van der Waals surface area (Å²) in [6, 6.07) is 0. The molecule has 1 amide bonds. The molecule has 0 unspecified atom stereocenters. The van der Waals surface area contributed by atoms with E-state index in [2.05, 4.69) is 22.0 Å². The lowest BCUT2D eigenvalue weighted by atomic mass is 10.1. The Morgan fingerprint density at radius 1 is 0.808 bits per heavy atom. The van der Waals surface area contributed by atoms with E-state index < -0.39 is 0 Å². The molecular formula is C22H43N3O. The maximum absolute atomic E-state index is 11.9. The van der Waals surface area contributed by atoms with E-state index in [4.69, 9.17) is 0 Å². The monoisotopic (exact) mass is 365 g/mol. The van der Waals surface area contributed by atoms with Crippen molar-refractivity contribution in [1.29, 1.82) is 0 Å². The Morgan fingerprint density at radius 3 is 1.81 bits per heavy atom. The van der Waals surface area contributed by atoms with Gasteiger partial charge in [-0.1, -0.05) is 58.3 Å². The van der Waals surface area contributed by atoms with Gasteiger partial charge in [0.25, 0.3) is 0 Å². The lowest BCUT2D eigenvalue weighted by Gasteiger charge is -2.34. The van der Waals surface area contributed by atoms with E-state index in [0.29, 0.717) is 11.8 Å². The summed E-state index contributed by atoms with van der Waals surface area (Å²) in [7, 11) is 0. The molecule has 3 aliphatic rings. The fourth-order valence-electron chi connectivity index (χ4n) is 4.35. The van der Waals surface area contributed by atoms with Crippen LogP contribution < -0.4 is 5.32 Å². The van der Waals surface area contributed by atoms with Crippen molar-refractivity contribution >= 4 is 5.91 Å². The SMILES string of the molecule is C1CCCC1.CCCCN1CCN(CCCNC(=O)C2CCCC2)CC1. The van der Waals surface area contributed by atoms with Crippen molar-refractivity contribution in [3.8, 4) is 0 Å². The molecule has 0 radical (unpaired) electrons. The zero-order chi connectivity index (χ0) is 18.5. The number of unbranched alkanes of at least 4 members (excludes halogenated alkanes) is 1. The van der Waals surface area contributed by atoms with Gasteiger partial charge in [0.1, 0.15) is 0 Å². The molecule has 152 valence electrons. The third kappa shape index (κ3) is 8.85. The molecule has 1 saturated heterocycles. The normalized spacial score (nSPS) is 22.2. The fourth-order valence-corrected chi connectivity index (χ4v) is 4.35. The summed E-state index contributed by atoms with van der Waals surface area (Å²) < 4.78 is 0. The summed E-state index contributed by atoms with van der Waals surface area (Å²) in [6.07, 6.45) is 15.9. The average molecular weight is 366 g/mol. The van der Waals surface area contributed by atoms with E-state index in [-0.39, 0.29) is 0 Å². The highest BCUT2D eigenvalue weighted by molar-refractivity contribution is 5.78. The highest BCUT2D eigenvalue weighted by atomic mass is 16.1. The Hall–Kier alpha value is -0.610. The molecule has 0 aromatic heterocycles. The lowest BCUT2D eigenvalue weighted by molar-refractivity contribution is -0.124. The minimum atomic E-state index is 0.303. The first-order valence-electron chi connectivity index (χ1n) is 11.5. The van der Waals surface area contributed by atoms with E-state index >= 15 is 0 Å². The van der Waals surface area contributed by atoms with Crippen molar-refractivity contribution in [3.05, 3.63) is 0 Å². The van der Waals surface area contributed by atoms with Crippen molar-refractivity contribution in [2.75, 3.05) is 45.8 Å². The van der Waals surface area contributed by atoms with Crippen molar-refractivity contribution in [1.82, 2.24) is 15.1 Å². The van der Waals surface area contributed by atoms with Gasteiger partial charge in [0.15, 0.2) is 0 Å². The lowest BCUT2D eigenvalue weighted by Crippen LogP contribution is -2.47. The quantitative estimate of drug-likeness (QED) is 0.659. The van der Waals surface area contributed by atoms with Crippen molar-refractivity contribution in [3.63, 3.8) is 0 Å². The van der Waals surface area contributed by atoms with Crippen molar-refractivity contribution in [2.45, 2.75) is 84.0 Å². The molecule has 2 saturated carbocycles. The Bertz CT molecular complexity index is 349. The maximum Gasteiger partial charge on any atom is 0.223 e. The number of nitrogens with one attached hydrogen (secondary N) is 1. The molecule has 0 atom stereocenters. The maximum atomic E-state index is 11.9. The molecule has 4 nitrogen and oxygen atoms in total. The summed E-state index contributed by atoms with van der Waals surface area (Å²) in [6.45, 7) is 10.3. The zero-order valence-electron chi connectivity index (χ0n) is 17.3. The van der Waals surface area contributed by atoms with E-state index in [1.807, 2.05) is 0 Å². The van der Waals surface area contributed by atoms with E-state index in [1.165, 1.54) is 90.5 Å². The molecule has 1 N–H and O–H groups in total. The number of hydrogen-bond donors (Lipinski definition) is 1. The van der Waals surface area contributed by atoms with Gasteiger partial charge in [-0.05, 0) is 38.8 Å². The highest BCUT2D eigenvalue weighted by Crippen LogP contribution is 2.24. The van der Waals surface area contributed by atoms with Crippen LogP contribution in [0.4, 0.5) is 0 Å². The summed E-state index contributed by atoms with van der Waals surface area (Å²) in [5.74, 6) is 0.615. The second kappa shape index (κ2) is 13.5. The molecule has 0 aromatic carbocycles. The number of piperazine rings is 1. The zero-order valence-corrected chi connectivity index (χ0v) is 17.3. The van der Waals surface area contributed by atoms with Crippen LogP contribution in [0.25, 0.3) is 0 Å². The van der Waals surface area contributed by atoms with Gasteiger partial charge >= 0.3 is 0 Å². The molecule has 3 rings (SSSR count). The average Bonchev–Trinajstić information content (AvgIpc) is 3.40. The van der Waals surface area contributed by atoms with Crippen LogP contribution in [-0.2, 0) is 4.79 Å². The Balaban J connectivity index is 0.000000417. The largest absolute Gasteiger partial charge is 0.356 e. The fraction of sp³-hybridized carbons (Fsp3) is 0.955. The van der Waals surface area contributed by atoms with Crippen molar-refractivity contribution in [2.24, 2.45) is 5.92 Å². The minimum Gasteiger partial charge on any atom is -0.356 e. The molecule has 4 heteroatoms. The second-order valence-electron chi connectivity index (χ2n) is 8.43. The van der Waals surface area contributed by atoms with Crippen LogP contribution in [0.3, 0.4) is 0 Å². The molecule has 26 heavy (non-hydrogen) atoms. The van der Waals surface area contributed by atoms with Crippen LogP contribution >= 0.6 is 0 Å². The standard InChI is InChI=1S/C17H33N3O.C5H10/c1-2-3-10-19-12-14-20(15-13-19)11-6-9-18-17(21)16-7-4-5-8-16;1-2-4-5-3-1/h16H,2-15H2,1H3,(H,18,21);1-5H2. The predicted octanol–water partition coefficient (Wildman–Crippen LogP) is 4.05. The van der Waals surface area contributed by atoms with Crippen LogP contribution in [-0.4, -0.2) is 61.5 Å². The van der Waals surface area contributed by atoms with E-state index in [1.54, 1.807) is 0 Å². The molecule has 0 bridgehead atoms. The summed E-state index contributed by atoms with van der Waals surface area (Å²) >= 11 is 0.